The molecule has 0 heterocycles. The van der Waals surface area contributed by atoms with Crippen LogP contribution in [0, 0.1) is 36.5 Å². The lowest BCUT2D eigenvalue weighted by atomic mass is 9.92. The van der Waals surface area contributed by atoms with Crippen LogP contribution in [0.5, 0.6) is 0 Å². The quantitative estimate of drug-likeness (QED) is 0.859. The van der Waals surface area contributed by atoms with Gasteiger partial charge in [0.05, 0.1) is 0 Å². The van der Waals surface area contributed by atoms with E-state index in [1.165, 1.54) is 24.0 Å². The molecule has 0 spiro atoms. The Bertz CT molecular complexity index is 464. The monoisotopic (exact) mass is 255 g/mol. The SMILES string of the molecule is CCNC(c1cccc(C)c1)C1C2C3CCC(C3)C21. The van der Waals surface area contributed by atoms with Crippen LogP contribution in [0.4, 0.5) is 0 Å². The molecule has 3 aliphatic carbocycles. The minimum atomic E-state index is 0.614. The molecule has 102 valence electrons. The summed E-state index contributed by atoms with van der Waals surface area (Å²) in [6, 6.07) is 9.77. The highest BCUT2D eigenvalue weighted by Gasteiger charge is 2.66. The van der Waals surface area contributed by atoms with Gasteiger partial charge in [-0.1, -0.05) is 36.8 Å². The fraction of sp³-hybridized carbons (Fsp3) is 0.667. The molecule has 5 unspecified atom stereocenters. The van der Waals surface area contributed by atoms with E-state index in [0.717, 1.165) is 36.1 Å². The zero-order valence-corrected chi connectivity index (χ0v) is 12.1. The Balaban J connectivity index is 1.60. The molecule has 1 nitrogen and oxygen atoms in total. The van der Waals surface area contributed by atoms with Crippen LogP contribution in [0.2, 0.25) is 0 Å². The van der Waals surface area contributed by atoms with Crippen molar-refractivity contribution < 1.29 is 0 Å². The van der Waals surface area contributed by atoms with E-state index in [2.05, 4.69) is 43.4 Å². The predicted molar refractivity (Wildman–Crippen MR) is 78.9 cm³/mol. The van der Waals surface area contributed by atoms with Crippen molar-refractivity contribution in [2.75, 3.05) is 6.54 Å². The lowest BCUT2D eigenvalue weighted by Gasteiger charge is -2.22. The van der Waals surface area contributed by atoms with Crippen molar-refractivity contribution in [2.45, 2.75) is 39.2 Å². The molecule has 1 aromatic rings. The molecule has 2 bridgehead atoms. The highest BCUT2D eigenvalue weighted by atomic mass is 14.9. The summed E-state index contributed by atoms with van der Waals surface area (Å²) in [4.78, 5) is 0. The third kappa shape index (κ3) is 1.78. The zero-order chi connectivity index (χ0) is 13.0. The van der Waals surface area contributed by atoms with E-state index in [9.17, 15) is 0 Å². The third-order valence-electron chi connectivity index (χ3n) is 6.01. The van der Waals surface area contributed by atoms with Gasteiger partial charge in [-0.2, -0.15) is 0 Å². The van der Waals surface area contributed by atoms with Gasteiger partial charge in [-0.05, 0) is 67.9 Å². The van der Waals surface area contributed by atoms with Crippen LogP contribution in [0.3, 0.4) is 0 Å². The summed E-state index contributed by atoms with van der Waals surface area (Å²) in [6.07, 6.45) is 4.60. The Hall–Kier alpha value is -0.820. The van der Waals surface area contributed by atoms with E-state index in [0.29, 0.717) is 6.04 Å². The maximum atomic E-state index is 3.79. The Morgan fingerprint density at radius 1 is 1.21 bits per heavy atom. The molecule has 0 aliphatic heterocycles. The molecule has 5 atom stereocenters. The maximum Gasteiger partial charge on any atom is 0.0354 e. The minimum Gasteiger partial charge on any atom is -0.310 e. The first-order chi connectivity index (χ1) is 9.29. The van der Waals surface area contributed by atoms with Crippen molar-refractivity contribution in [3.63, 3.8) is 0 Å². The fourth-order valence-electron chi connectivity index (χ4n) is 5.40. The number of benzene rings is 1. The summed E-state index contributed by atoms with van der Waals surface area (Å²) in [5.74, 6) is 5.21. The van der Waals surface area contributed by atoms with Gasteiger partial charge < -0.3 is 5.32 Å². The number of fused-ring (bicyclic) bond motifs is 5. The van der Waals surface area contributed by atoms with Crippen LogP contribution in [0.1, 0.15) is 43.4 Å². The molecule has 0 amide bonds. The van der Waals surface area contributed by atoms with Crippen molar-refractivity contribution in [2.24, 2.45) is 29.6 Å². The van der Waals surface area contributed by atoms with Crippen LogP contribution in [-0.2, 0) is 0 Å². The number of rotatable bonds is 4. The fourth-order valence-corrected chi connectivity index (χ4v) is 5.40. The molecular formula is C18H25N. The van der Waals surface area contributed by atoms with E-state index < -0.39 is 0 Å². The minimum absolute atomic E-state index is 0.614. The van der Waals surface area contributed by atoms with Crippen LogP contribution in [-0.4, -0.2) is 6.54 Å². The average Bonchev–Trinajstić information content (AvgIpc) is 2.82. The molecule has 3 saturated carbocycles. The van der Waals surface area contributed by atoms with Gasteiger partial charge in [0, 0.05) is 6.04 Å². The van der Waals surface area contributed by atoms with Crippen LogP contribution >= 0.6 is 0 Å². The highest BCUT2D eigenvalue weighted by Crippen LogP contribution is 2.72. The van der Waals surface area contributed by atoms with E-state index in [-0.39, 0.29) is 0 Å². The number of hydrogen-bond acceptors (Lipinski definition) is 1. The Morgan fingerprint density at radius 3 is 2.58 bits per heavy atom. The Morgan fingerprint density at radius 2 is 1.95 bits per heavy atom. The molecule has 3 fully saturated rings. The van der Waals surface area contributed by atoms with Crippen molar-refractivity contribution in [3.8, 4) is 0 Å². The number of nitrogens with one attached hydrogen (secondary N) is 1. The maximum absolute atomic E-state index is 3.79. The van der Waals surface area contributed by atoms with E-state index in [1.54, 1.807) is 6.42 Å². The molecule has 0 saturated heterocycles. The summed E-state index contributed by atoms with van der Waals surface area (Å²) >= 11 is 0. The number of hydrogen-bond donors (Lipinski definition) is 1. The summed E-state index contributed by atoms with van der Waals surface area (Å²) < 4.78 is 0. The molecule has 1 aromatic carbocycles. The summed E-state index contributed by atoms with van der Waals surface area (Å²) in [7, 11) is 0. The predicted octanol–water partition coefficient (Wildman–Crippen LogP) is 3.94. The second-order valence-electron chi connectivity index (χ2n) is 7.01. The molecule has 0 aromatic heterocycles. The second kappa shape index (κ2) is 4.34. The van der Waals surface area contributed by atoms with Gasteiger partial charge >= 0.3 is 0 Å². The molecule has 19 heavy (non-hydrogen) atoms. The van der Waals surface area contributed by atoms with Gasteiger partial charge in [-0.3, -0.25) is 0 Å². The zero-order valence-electron chi connectivity index (χ0n) is 12.1. The molecule has 4 rings (SSSR count). The molecule has 1 heteroatoms. The van der Waals surface area contributed by atoms with Crippen molar-refractivity contribution >= 4 is 0 Å². The average molecular weight is 255 g/mol. The van der Waals surface area contributed by atoms with Crippen molar-refractivity contribution in [3.05, 3.63) is 35.4 Å². The molecule has 0 radical (unpaired) electrons. The van der Waals surface area contributed by atoms with Crippen LogP contribution in [0.25, 0.3) is 0 Å². The van der Waals surface area contributed by atoms with Crippen LogP contribution in [0.15, 0.2) is 24.3 Å². The van der Waals surface area contributed by atoms with Crippen molar-refractivity contribution in [1.82, 2.24) is 5.32 Å². The van der Waals surface area contributed by atoms with E-state index in [1.807, 2.05) is 0 Å². The lowest BCUT2D eigenvalue weighted by Crippen LogP contribution is -2.25. The molecule has 3 aliphatic rings. The first-order valence-corrected chi connectivity index (χ1v) is 8.09. The molecule has 1 N–H and O–H groups in total. The van der Waals surface area contributed by atoms with E-state index >= 15 is 0 Å². The largest absolute Gasteiger partial charge is 0.310 e. The van der Waals surface area contributed by atoms with Gasteiger partial charge in [-0.25, -0.2) is 0 Å². The van der Waals surface area contributed by atoms with Gasteiger partial charge in [0.25, 0.3) is 0 Å². The standard InChI is InChI=1S/C18H25N/c1-3-19-18(14-6-4-5-11(2)9-14)17-15-12-7-8-13(10-12)16(15)17/h4-6,9,12-13,15-19H,3,7-8,10H2,1-2H3. The lowest BCUT2D eigenvalue weighted by molar-refractivity contribution is 0.374. The second-order valence-corrected chi connectivity index (χ2v) is 7.01. The van der Waals surface area contributed by atoms with Gasteiger partial charge in [-0.15, -0.1) is 0 Å². The topological polar surface area (TPSA) is 12.0 Å². The summed E-state index contributed by atoms with van der Waals surface area (Å²) in [6.45, 7) is 5.55. The van der Waals surface area contributed by atoms with Gasteiger partial charge in [0.15, 0.2) is 0 Å². The number of aryl methyl sites for hydroxylation is 1. The first kappa shape index (κ1) is 12.0. The Labute approximate surface area is 116 Å². The van der Waals surface area contributed by atoms with Crippen LogP contribution < -0.4 is 5.32 Å². The smallest absolute Gasteiger partial charge is 0.0354 e. The molecular weight excluding hydrogens is 230 g/mol. The highest BCUT2D eigenvalue weighted by molar-refractivity contribution is 5.29. The van der Waals surface area contributed by atoms with Gasteiger partial charge in [0.1, 0.15) is 0 Å². The van der Waals surface area contributed by atoms with E-state index in [4.69, 9.17) is 0 Å². The Kier molecular flexibility index (Phi) is 2.73. The van der Waals surface area contributed by atoms with Crippen molar-refractivity contribution in [1.29, 1.82) is 0 Å². The van der Waals surface area contributed by atoms with Gasteiger partial charge in [0.2, 0.25) is 0 Å². The first-order valence-electron chi connectivity index (χ1n) is 8.09. The third-order valence-corrected chi connectivity index (χ3v) is 6.01. The summed E-state index contributed by atoms with van der Waals surface area (Å²) in [5.41, 5.74) is 2.93. The summed E-state index contributed by atoms with van der Waals surface area (Å²) in [5, 5.41) is 3.79. The normalized spacial score (nSPS) is 40.2.